The predicted molar refractivity (Wildman–Crippen MR) is 80.8 cm³/mol. The molecule has 4 heteroatoms. The third kappa shape index (κ3) is 3.80. The molecule has 0 aliphatic heterocycles. The van der Waals surface area contributed by atoms with Crippen LogP contribution in [0.3, 0.4) is 0 Å². The molecule has 0 unspecified atom stereocenters. The van der Waals surface area contributed by atoms with Crippen molar-refractivity contribution in [3.8, 4) is 5.75 Å². The topological polar surface area (TPSA) is 47.3 Å². The van der Waals surface area contributed by atoms with Gasteiger partial charge in [-0.15, -0.1) is 0 Å². The molecule has 0 saturated heterocycles. The molecule has 3 N–H and O–H groups in total. The summed E-state index contributed by atoms with van der Waals surface area (Å²) in [6.07, 6.45) is 0. The minimum Gasteiger partial charge on any atom is -0.492 e. The Morgan fingerprint density at radius 2 is 1.89 bits per heavy atom. The Bertz CT molecular complexity index is 540. The van der Waals surface area contributed by atoms with E-state index in [9.17, 15) is 0 Å². The van der Waals surface area contributed by atoms with E-state index in [2.05, 4.69) is 5.32 Å². The molecule has 0 radical (unpaired) electrons. The first-order valence-corrected chi connectivity index (χ1v) is 6.57. The first-order valence-electron chi connectivity index (χ1n) is 6.19. The Balaban J connectivity index is 2.03. The van der Waals surface area contributed by atoms with Crippen LogP contribution in [0.5, 0.6) is 5.75 Å². The van der Waals surface area contributed by atoms with Crippen LogP contribution in [0.25, 0.3) is 0 Å². The van der Waals surface area contributed by atoms with Crippen LogP contribution in [0.15, 0.2) is 42.5 Å². The maximum atomic E-state index is 5.85. The molecular weight excluding hydrogens is 260 g/mol. The number of rotatable bonds is 5. The second-order valence-corrected chi connectivity index (χ2v) is 4.60. The van der Waals surface area contributed by atoms with Gasteiger partial charge in [0.1, 0.15) is 5.75 Å². The Labute approximate surface area is 118 Å². The van der Waals surface area contributed by atoms with Crippen LogP contribution in [-0.2, 0) is 6.54 Å². The monoisotopic (exact) mass is 276 g/mol. The zero-order valence-corrected chi connectivity index (χ0v) is 11.6. The zero-order chi connectivity index (χ0) is 13.7. The molecule has 0 spiro atoms. The fraction of sp³-hybridized carbons (Fsp3) is 0.200. The smallest absolute Gasteiger partial charge is 0.144 e. The largest absolute Gasteiger partial charge is 0.492 e. The number of benzene rings is 2. The van der Waals surface area contributed by atoms with Gasteiger partial charge in [-0.3, -0.25) is 0 Å². The highest BCUT2D eigenvalue weighted by Gasteiger charge is 2.01. The number of nitrogens with two attached hydrogens (primary N) is 1. The van der Waals surface area contributed by atoms with E-state index < -0.39 is 0 Å². The van der Waals surface area contributed by atoms with Gasteiger partial charge in [0.2, 0.25) is 0 Å². The lowest BCUT2D eigenvalue weighted by Gasteiger charge is -2.11. The molecule has 0 amide bonds. The Kier molecular flexibility index (Phi) is 4.53. The fourth-order valence-electron chi connectivity index (χ4n) is 1.73. The van der Waals surface area contributed by atoms with Gasteiger partial charge in [0.15, 0.2) is 0 Å². The number of hydrogen-bond donors (Lipinski definition) is 2. The van der Waals surface area contributed by atoms with Crippen LogP contribution in [-0.4, -0.2) is 6.61 Å². The van der Waals surface area contributed by atoms with Crippen molar-refractivity contribution in [3.05, 3.63) is 53.1 Å². The van der Waals surface area contributed by atoms with Gasteiger partial charge in [-0.1, -0.05) is 23.7 Å². The quantitative estimate of drug-likeness (QED) is 0.814. The van der Waals surface area contributed by atoms with Crippen LogP contribution >= 0.6 is 11.6 Å². The van der Waals surface area contributed by atoms with E-state index in [0.29, 0.717) is 18.0 Å². The third-order valence-corrected chi connectivity index (χ3v) is 2.98. The number of nitrogens with one attached hydrogen (secondary N) is 1. The summed E-state index contributed by atoms with van der Waals surface area (Å²) in [5.74, 6) is 0.712. The summed E-state index contributed by atoms with van der Waals surface area (Å²) in [7, 11) is 0. The van der Waals surface area contributed by atoms with E-state index >= 15 is 0 Å². The minimum atomic E-state index is 0.602. The van der Waals surface area contributed by atoms with Crippen molar-refractivity contribution in [2.24, 2.45) is 0 Å². The molecule has 2 aromatic rings. The molecule has 100 valence electrons. The van der Waals surface area contributed by atoms with Crippen molar-refractivity contribution in [1.82, 2.24) is 0 Å². The van der Waals surface area contributed by atoms with Crippen molar-refractivity contribution in [2.45, 2.75) is 13.5 Å². The summed E-state index contributed by atoms with van der Waals surface area (Å²) < 4.78 is 5.46. The molecule has 3 nitrogen and oxygen atoms in total. The average Bonchev–Trinajstić information content (AvgIpc) is 2.42. The van der Waals surface area contributed by atoms with Crippen molar-refractivity contribution < 1.29 is 4.74 Å². The van der Waals surface area contributed by atoms with Crippen molar-refractivity contribution in [3.63, 3.8) is 0 Å². The van der Waals surface area contributed by atoms with Crippen molar-refractivity contribution in [2.75, 3.05) is 17.7 Å². The highest BCUT2D eigenvalue weighted by Crippen LogP contribution is 2.25. The van der Waals surface area contributed by atoms with E-state index in [-0.39, 0.29) is 0 Å². The molecule has 0 atom stereocenters. The molecule has 0 aliphatic rings. The Morgan fingerprint density at radius 3 is 2.58 bits per heavy atom. The number of nitrogen functional groups attached to an aromatic ring is 1. The molecule has 0 aromatic heterocycles. The molecule has 0 heterocycles. The molecule has 0 fully saturated rings. The van der Waals surface area contributed by atoms with Crippen molar-refractivity contribution >= 4 is 23.0 Å². The summed E-state index contributed by atoms with van der Waals surface area (Å²) in [5.41, 5.74) is 8.63. The van der Waals surface area contributed by atoms with E-state index in [1.807, 2.05) is 49.4 Å². The normalized spacial score (nSPS) is 10.2. The lowest BCUT2D eigenvalue weighted by atomic mass is 10.2. The first-order chi connectivity index (χ1) is 9.19. The van der Waals surface area contributed by atoms with Gasteiger partial charge in [-0.25, -0.2) is 0 Å². The van der Waals surface area contributed by atoms with Gasteiger partial charge < -0.3 is 15.8 Å². The average molecular weight is 277 g/mol. The molecule has 2 rings (SSSR count). The lowest BCUT2D eigenvalue weighted by Crippen LogP contribution is -2.01. The van der Waals surface area contributed by atoms with Gasteiger partial charge in [-0.05, 0) is 36.8 Å². The molecular formula is C15H17ClN2O. The van der Waals surface area contributed by atoms with E-state index in [1.54, 1.807) is 0 Å². The second kappa shape index (κ2) is 6.34. The maximum Gasteiger partial charge on any atom is 0.144 e. The Hall–Kier alpha value is -1.87. The maximum absolute atomic E-state index is 5.85. The van der Waals surface area contributed by atoms with Crippen LogP contribution in [0, 0.1) is 0 Å². The summed E-state index contributed by atoms with van der Waals surface area (Å²) in [6.45, 7) is 3.27. The fourth-order valence-corrected chi connectivity index (χ4v) is 1.86. The predicted octanol–water partition coefficient (Wildman–Crippen LogP) is 3.93. The highest BCUT2D eigenvalue weighted by atomic mass is 35.5. The van der Waals surface area contributed by atoms with Crippen LogP contribution in [0.2, 0.25) is 5.02 Å². The summed E-state index contributed by atoms with van der Waals surface area (Å²) >= 11 is 5.85. The van der Waals surface area contributed by atoms with Crippen molar-refractivity contribution in [1.29, 1.82) is 0 Å². The van der Waals surface area contributed by atoms with Gasteiger partial charge in [-0.2, -0.15) is 0 Å². The molecule has 0 aliphatic carbocycles. The summed E-state index contributed by atoms with van der Waals surface area (Å²) in [5, 5.41) is 4.07. The van der Waals surface area contributed by atoms with E-state index in [4.69, 9.17) is 22.1 Å². The Morgan fingerprint density at radius 1 is 1.16 bits per heavy atom. The van der Waals surface area contributed by atoms with Crippen LogP contribution in [0.1, 0.15) is 12.5 Å². The number of anilines is 2. The van der Waals surface area contributed by atoms with Crippen LogP contribution < -0.4 is 15.8 Å². The number of hydrogen-bond acceptors (Lipinski definition) is 3. The van der Waals surface area contributed by atoms with Gasteiger partial charge in [0.05, 0.1) is 12.3 Å². The van der Waals surface area contributed by atoms with Gasteiger partial charge >= 0.3 is 0 Å². The standard InChI is InChI=1S/C15H17ClN2O/c1-2-19-15-9-13(7-8-14(15)17)18-10-11-3-5-12(16)6-4-11/h3-9,18H,2,10,17H2,1H3. The first kappa shape index (κ1) is 13.6. The second-order valence-electron chi connectivity index (χ2n) is 4.17. The van der Waals surface area contributed by atoms with Gasteiger partial charge in [0, 0.05) is 23.3 Å². The highest BCUT2D eigenvalue weighted by molar-refractivity contribution is 6.30. The van der Waals surface area contributed by atoms with E-state index in [0.717, 1.165) is 17.3 Å². The molecule has 19 heavy (non-hydrogen) atoms. The summed E-state index contributed by atoms with van der Waals surface area (Å²) in [6, 6.07) is 13.4. The van der Waals surface area contributed by atoms with E-state index in [1.165, 1.54) is 5.56 Å². The third-order valence-electron chi connectivity index (χ3n) is 2.72. The lowest BCUT2D eigenvalue weighted by molar-refractivity contribution is 0.342. The number of halogens is 1. The van der Waals surface area contributed by atoms with Gasteiger partial charge in [0.25, 0.3) is 0 Å². The molecule has 0 saturated carbocycles. The number of ether oxygens (including phenoxy) is 1. The SMILES string of the molecule is CCOc1cc(NCc2ccc(Cl)cc2)ccc1N. The molecule has 2 aromatic carbocycles. The zero-order valence-electron chi connectivity index (χ0n) is 10.8. The minimum absolute atomic E-state index is 0.602. The van der Waals surface area contributed by atoms with Crippen LogP contribution in [0.4, 0.5) is 11.4 Å². The molecule has 0 bridgehead atoms. The summed E-state index contributed by atoms with van der Waals surface area (Å²) in [4.78, 5) is 0.